The number of nitrogens with one attached hydrogen (secondary N) is 1. The number of urea groups is 1. The molecule has 2 fully saturated rings. The molecule has 6 nitrogen and oxygen atoms in total. The van der Waals surface area contributed by atoms with Gasteiger partial charge in [0.1, 0.15) is 4.21 Å². The van der Waals surface area contributed by atoms with Gasteiger partial charge in [0.15, 0.2) is 0 Å². The van der Waals surface area contributed by atoms with E-state index in [1.165, 1.54) is 17.8 Å². The molecular formula is C21H23N3O3S2. The molecule has 4 heterocycles. The van der Waals surface area contributed by atoms with Crippen LogP contribution in [0, 0.1) is 5.92 Å². The molecule has 3 aliphatic heterocycles. The Balaban J connectivity index is 1.29. The molecule has 1 N–H and O–H groups in total. The van der Waals surface area contributed by atoms with Gasteiger partial charge in [-0.15, -0.1) is 11.3 Å². The van der Waals surface area contributed by atoms with Crippen LogP contribution in [0.3, 0.4) is 0 Å². The highest BCUT2D eigenvalue weighted by atomic mass is 32.2. The maximum Gasteiger partial charge on any atom is 0.321 e. The highest BCUT2D eigenvalue weighted by Crippen LogP contribution is 2.34. The lowest BCUT2D eigenvalue weighted by Gasteiger charge is -2.32. The van der Waals surface area contributed by atoms with Gasteiger partial charge in [-0.3, -0.25) is 4.90 Å². The topological polar surface area (TPSA) is 69.7 Å². The highest BCUT2D eigenvalue weighted by molar-refractivity contribution is 7.93. The lowest BCUT2D eigenvalue weighted by Crippen LogP contribution is -2.50. The minimum atomic E-state index is -3.54. The molecule has 0 aliphatic carbocycles. The average Bonchev–Trinajstić information content (AvgIpc) is 3.31. The fourth-order valence-electron chi connectivity index (χ4n) is 4.48. The third-order valence-corrected chi connectivity index (χ3v) is 9.32. The van der Waals surface area contributed by atoms with Crippen molar-refractivity contribution in [2.24, 2.45) is 5.92 Å². The van der Waals surface area contributed by atoms with Crippen LogP contribution in [0.25, 0.3) is 6.08 Å². The van der Waals surface area contributed by atoms with E-state index in [-0.39, 0.29) is 12.1 Å². The predicted octanol–water partition coefficient (Wildman–Crippen LogP) is 3.17. The predicted molar refractivity (Wildman–Crippen MR) is 112 cm³/mol. The third kappa shape index (κ3) is 3.60. The van der Waals surface area contributed by atoms with Crippen molar-refractivity contribution in [3.05, 3.63) is 53.0 Å². The van der Waals surface area contributed by atoms with Crippen LogP contribution in [0.2, 0.25) is 0 Å². The Hall–Kier alpha value is -2.16. The van der Waals surface area contributed by atoms with E-state index < -0.39 is 9.84 Å². The van der Waals surface area contributed by atoms with Crippen molar-refractivity contribution in [3.8, 4) is 0 Å². The zero-order valence-electron chi connectivity index (χ0n) is 16.0. The summed E-state index contributed by atoms with van der Waals surface area (Å²) in [6.45, 7) is 3.60. The zero-order valence-corrected chi connectivity index (χ0v) is 17.6. The molecule has 1 unspecified atom stereocenters. The fraction of sp³-hybridized carbons (Fsp3) is 0.381. The molecule has 5 rings (SSSR count). The number of amides is 2. The van der Waals surface area contributed by atoms with Crippen LogP contribution in [0.4, 0.5) is 4.79 Å². The van der Waals surface area contributed by atoms with Gasteiger partial charge in [-0.2, -0.15) is 0 Å². The summed E-state index contributed by atoms with van der Waals surface area (Å²) in [5, 5.41) is 3.16. The molecule has 152 valence electrons. The van der Waals surface area contributed by atoms with Gasteiger partial charge in [-0.25, -0.2) is 13.2 Å². The van der Waals surface area contributed by atoms with E-state index in [2.05, 4.69) is 10.2 Å². The first-order valence-electron chi connectivity index (χ1n) is 9.89. The minimum absolute atomic E-state index is 0.113. The van der Waals surface area contributed by atoms with Gasteiger partial charge >= 0.3 is 6.03 Å². The van der Waals surface area contributed by atoms with E-state index in [0.29, 0.717) is 21.6 Å². The molecule has 2 bridgehead atoms. The summed E-state index contributed by atoms with van der Waals surface area (Å²) in [4.78, 5) is 18.0. The normalized spacial score (nSPS) is 25.7. The molecule has 0 spiro atoms. The maximum atomic E-state index is 12.9. The van der Waals surface area contributed by atoms with E-state index in [9.17, 15) is 13.2 Å². The second kappa shape index (κ2) is 7.27. The third-order valence-electron chi connectivity index (χ3n) is 5.94. The number of thiophene rings is 1. The number of nitrogens with zero attached hydrogens (tertiary/aromatic N) is 2. The van der Waals surface area contributed by atoms with Gasteiger partial charge in [0.25, 0.3) is 0 Å². The Morgan fingerprint density at radius 2 is 2.00 bits per heavy atom. The second-order valence-corrected chi connectivity index (χ2v) is 11.3. The Labute approximate surface area is 174 Å². The van der Waals surface area contributed by atoms with Crippen LogP contribution in [0.5, 0.6) is 0 Å². The van der Waals surface area contributed by atoms with E-state index in [1.54, 1.807) is 47.5 Å². The van der Waals surface area contributed by atoms with Crippen LogP contribution >= 0.6 is 11.3 Å². The second-order valence-electron chi connectivity index (χ2n) is 8.01. The van der Waals surface area contributed by atoms with Gasteiger partial charge < -0.3 is 10.2 Å². The van der Waals surface area contributed by atoms with Gasteiger partial charge in [0.05, 0.1) is 11.4 Å². The number of sulfone groups is 1. The molecule has 2 saturated heterocycles. The number of fused-ring (bicyclic) bond motifs is 3. The number of rotatable bonds is 3. The molecule has 2 aromatic rings. The summed E-state index contributed by atoms with van der Waals surface area (Å²) in [5.74, 6) is 0.695. The van der Waals surface area contributed by atoms with Crippen LogP contribution < -0.4 is 5.32 Å². The molecule has 1 aromatic carbocycles. The number of carbonyl (C=O) groups is 1. The molecule has 8 heteroatoms. The summed E-state index contributed by atoms with van der Waals surface area (Å²) in [6.07, 6.45) is 5.86. The molecule has 29 heavy (non-hydrogen) atoms. The van der Waals surface area contributed by atoms with Crippen molar-refractivity contribution in [3.63, 3.8) is 0 Å². The molecule has 1 aromatic heterocycles. The summed E-state index contributed by atoms with van der Waals surface area (Å²) >= 11 is 1.26. The summed E-state index contributed by atoms with van der Waals surface area (Å²) in [7, 11) is -3.54. The fourth-order valence-corrected chi connectivity index (χ4v) is 7.33. The van der Waals surface area contributed by atoms with Crippen LogP contribution in [0.1, 0.15) is 23.3 Å². The van der Waals surface area contributed by atoms with Crippen molar-refractivity contribution in [2.45, 2.75) is 34.5 Å². The van der Waals surface area contributed by atoms with E-state index in [1.807, 2.05) is 6.08 Å². The van der Waals surface area contributed by atoms with Crippen molar-refractivity contribution in [1.82, 2.24) is 15.1 Å². The Bertz CT molecular complexity index is 1050. The van der Waals surface area contributed by atoms with Crippen molar-refractivity contribution in [2.75, 3.05) is 19.6 Å². The van der Waals surface area contributed by atoms with Crippen molar-refractivity contribution < 1.29 is 13.2 Å². The number of hydrogen-bond acceptors (Lipinski definition) is 5. The van der Waals surface area contributed by atoms with E-state index in [4.69, 9.17) is 0 Å². The zero-order chi connectivity index (χ0) is 20.0. The Morgan fingerprint density at radius 1 is 1.17 bits per heavy atom. The van der Waals surface area contributed by atoms with Crippen molar-refractivity contribution in [1.29, 1.82) is 0 Å². The number of carbonyl (C=O) groups excluding carboxylic acids is 1. The van der Waals surface area contributed by atoms with E-state index >= 15 is 0 Å². The summed E-state index contributed by atoms with van der Waals surface area (Å²) in [6, 6.07) is 10.2. The minimum Gasteiger partial charge on any atom is -0.334 e. The molecule has 0 saturated carbocycles. The number of piperidine rings is 1. The highest BCUT2D eigenvalue weighted by Gasteiger charge is 2.34. The first kappa shape index (κ1) is 18.8. The number of benzene rings is 1. The van der Waals surface area contributed by atoms with Crippen LogP contribution in [-0.4, -0.2) is 49.9 Å². The smallest absolute Gasteiger partial charge is 0.321 e. The van der Waals surface area contributed by atoms with Gasteiger partial charge in [-0.1, -0.05) is 18.2 Å². The maximum absolute atomic E-state index is 12.9. The largest absolute Gasteiger partial charge is 0.334 e. The van der Waals surface area contributed by atoms with Crippen LogP contribution in [-0.2, 0) is 16.4 Å². The first-order chi connectivity index (χ1) is 14.0. The Morgan fingerprint density at radius 3 is 2.79 bits per heavy atom. The van der Waals surface area contributed by atoms with Crippen molar-refractivity contribution >= 4 is 33.3 Å². The molecule has 0 radical (unpaired) electrons. The quantitative estimate of drug-likeness (QED) is 0.814. The summed E-state index contributed by atoms with van der Waals surface area (Å²) < 4.78 is 26.1. The van der Waals surface area contributed by atoms with E-state index in [0.717, 1.165) is 36.5 Å². The van der Waals surface area contributed by atoms with Gasteiger partial charge in [0, 0.05) is 30.2 Å². The molecule has 3 aliphatic rings. The van der Waals surface area contributed by atoms with Gasteiger partial charge in [0.2, 0.25) is 9.84 Å². The average molecular weight is 430 g/mol. The SMILES string of the molecule is O=C(N[C@@H]1C[C@H]2CCN(C2)C1)N1C=Cc2sc(S(=O)(=O)c3ccccc3)cc2C1. The molecule has 2 amide bonds. The summed E-state index contributed by atoms with van der Waals surface area (Å²) in [5.41, 5.74) is 0.870. The van der Waals surface area contributed by atoms with Gasteiger partial charge in [-0.05, 0) is 55.1 Å². The Kier molecular flexibility index (Phi) is 4.72. The lowest BCUT2D eigenvalue weighted by atomic mass is 9.97. The lowest BCUT2D eigenvalue weighted by molar-refractivity contribution is 0.187. The number of hydrogen-bond donors (Lipinski definition) is 1. The monoisotopic (exact) mass is 429 g/mol. The van der Waals surface area contributed by atoms with Crippen LogP contribution in [0.15, 0.2) is 51.7 Å². The standard InChI is InChI=1S/C21H23N3O3S2/c25-21(22-17-10-15-6-8-23(12-15)14-17)24-9-7-19-16(13-24)11-20(28-19)29(26,27)18-4-2-1-3-5-18/h1-5,7,9,11,15,17H,6,8,10,12-14H2,(H,22,25)/t15-,17-/m1/s1. The molecular weight excluding hydrogens is 406 g/mol. The first-order valence-corrected chi connectivity index (χ1v) is 12.2. The molecule has 3 atom stereocenters.